The Balaban J connectivity index is 1.22. The summed E-state index contributed by atoms with van der Waals surface area (Å²) in [5.41, 5.74) is 9.70. The number of nitrogens with zero attached hydrogens (tertiary/aromatic N) is 2. The summed E-state index contributed by atoms with van der Waals surface area (Å²) in [7, 11) is 0. The van der Waals surface area contributed by atoms with Gasteiger partial charge in [-0.15, -0.1) is 0 Å². The number of benzene rings is 8. The van der Waals surface area contributed by atoms with Gasteiger partial charge in [0.1, 0.15) is 0 Å². The molecule has 0 amide bonds. The second kappa shape index (κ2) is 9.69. The van der Waals surface area contributed by atoms with Gasteiger partial charge in [-0.1, -0.05) is 109 Å². The van der Waals surface area contributed by atoms with E-state index in [9.17, 15) is 0 Å². The zero-order chi connectivity index (χ0) is 30.2. The summed E-state index contributed by atoms with van der Waals surface area (Å²) in [6.45, 7) is 0. The molecule has 0 radical (unpaired) electrons. The van der Waals surface area contributed by atoms with E-state index in [4.69, 9.17) is 0 Å². The SMILES string of the molecule is c1ccc(-n2c3ccccc3c3cc4cc5c6ccccc6n(-c6ccc(-c7cccc8ccccc78)cc6)c5cc4cc32)cc1. The standard InChI is InChI=1S/C44H28N2/c1-2-13-33(14-3-1)45-41-19-8-6-16-37(41)39-25-31-26-40-38-17-7-9-20-42(38)46(44(40)28-32(31)27-43(39)45)34-23-21-30(22-24-34)36-18-10-12-29-11-4-5-15-35(29)36/h1-28H. The lowest BCUT2D eigenvalue weighted by Gasteiger charge is -2.11. The molecule has 0 N–H and O–H groups in total. The van der Waals surface area contributed by atoms with Crippen LogP contribution in [0.4, 0.5) is 0 Å². The van der Waals surface area contributed by atoms with Gasteiger partial charge in [-0.05, 0) is 93.3 Å². The molecule has 2 heterocycles. The third-order valence-electron chi connectivity index (χ3n) is 9.66. The van der Waals surface area contributed by atoms with E-state index >= 15 is 0 Å². The second-order valence-electron chi connectivity index (χ2n) is 12.2. The van der Waals surface area contributed by atoms with Crippen molar-refractivity contribution in [2.24, 2.45) is 0 Å². The van der Waals surface area contributed by atoms with Gasteiger partial charge >= 0.3 is 0 Å². The quantitative estimate of drug-likeness (QED) is 0.195. The maximum Gasteiger partial charge on any atom is 0.0547 e. The molecule has 0 fully saturated rings. The molecule has 46 heavy (non-hydrogen) atoms. The highest BCUT2D eigenvalue weighted by Crippen LogP contribution is 2.39. The van der Waals surface area contributed by atoms with Crippen molar-refractivity contribution in [3.63, 3.8) is 0 Å². The molecule has 0 saturated heterocycles. The van der Waals surface area contributed by atoms with Crippen molar-refractivity contribution in [3.05, 3.63) is 170 Å². The highest BCUT2D eigenvalue weighted by molar-refractivity contribution is 6.18. The van der Waals surface area contributed by atoms with Crippen molar-refractivity contribution in [1.82, 2.24) is 9.13 Å². The first-order valence-electron chi connectivity index (χ1n) is 15.9. The molecule has 0 aliphatic rings. The largest absolute Gasteiger partial charge is 0.309 e. The highest BCUT2D eigenvalue weighted by Gasteiger charge is 2.17. The summed E-state index contributed by atoms with van der Waals surface area (Å²) in [6.07, 6.45) is 0. The van der Waals surface area contributed by atoms with Crippen molar-refractivity contribution in [3.8, 4) is 22.5 Å². The monoisotopic (exact) mass is 584 g/mol. The van der Waals surface area contributed by atoms with Crippen molar-refractivity contribution in [2.75, 3.05) is 0 Å². The third-order valence-corrected chi connectivity index (χ3v) is 9.66. The molecule has 0 aliphatic carbocycles. The molecule has 2 nitrogen and oxygen atoms in total. The average Bonchev–Trinajstić information content (AvgIpc) is 3.61. The summed E-state index contributed by atoms with van der Waals surface area (Å²) in [5.74, 6) is 0. The van der Waals surface area contributed by atoms with Crippen molar-refractivity contribution in [1.29, 1.82) is 0 Å². The van der Waals surface area contributed by atoms with Gasteiger partial charge in [-0.2, -0.15) is 0 Å². The Morgan fingerprint density at radius 2 is 0.783 bits per heavy atom. The van der Waals surface area contributed by atoms with Crippen LogP contribution in [0.15, 0.2) is 170 Å². The molecule has 2 aromatic heterocycles. The molecule has 10 aromatic rings. The van der Waals surface area contributed by atoms with Crippen LogP contribution in [-0.2, 0) is 0 Å². The summed E-state index contributed by atoms with van der Waals surface area (Å²) in [4.78, 5) is 0. The number of rotatable bonds is 3. The van der Waals surface area contributed by atoms with Gasteiger partial charge in [0.05, 0.1) is 22.1 Å². The van der Waals surface area contributed by atoms with Crippen LogP contribution in [-0.4, -0.2) is 9.13 Å². The van der Waals surface area contributed by atoms with Crippen LogP contribution in [0.25, 0.3) is 87.7 Å². The average molecular weight is 585 g/mol. The number of hydrogen-bond acceptors (Lipinski definition) is 0. The van der Waals surface area contributed by atoms with Gasteiger partial charge in [0.15, 0.2) is 0 Å². The molecule has 10 rings (SSSR count). The van der Waals surface area contributed by atoms with Gasteiger partial charge in [-0.3, -0.25) is 0 Å². The van der Waals surface area contributed by atoms with Crippen LogP contribution >= 0.6 is 0 Å². The fourth-order valence-electron chi connectivity index (χ4n) is 7.58. The van der Waals surface area contributed by atoms with Gasteiger partial charge in [0.2, 0.25) is 0 Å². The fourth-order valence-corrected chi connectivity index (χ4v) is 7.58. The number of fused-ring (bicyclic) bond motifs is 8. The maximum absolute atomic E-state index is 2.42. The molecule has 0 spiro atoms. The van der Waals surface area contributed by atoms with Gasteiger partial charge in [0, 0.05) is 32.9 Å². The number of para-hydroxylation sites is 3. The molecular formula is C44H28N2. The normalized spacial score (nSPS) is 11.9. The predicted octanol–water partition coefficient (Wildman–Crippen LogP) is 11.9. The second-order valence-corrected chi connectivity index (χ2v) is 12.2. The van der Waals surface area contributed by atoms with Crippen LogP contribution < -0.4 is 0 Å². The minimum atomic E-state index is 1.16. The molecule has 8 aromatic carbocycles. The Hall–Kier alpha value is -6.12. The first-order valence-corrected chi connectivity index (χ1v) is 15.9. The summed E-state index contributed by atoms with van der Waals surface area (Å²) >= 11 is 0. The van der Waals surface area contributed by atoms with Crippen LogP contribution in [0.5, 0.6) is 0 Å². The van der Waals surface area contributed by atoms with Gasteiger partial charge < -0.3 is 9.13 Å². The Morgan fingerprint density at radius 3 is 1.43 bits per heavy atom. The van der Waals surface area contributed by atoms with Crippen LogP contribution in [0, 0.1) is 0 Å². The van der Waals surface area contributed by atoms with E-state index in [0.29, 0.717) is 0 Å². The predicted molar refractivity (Wildman–Crippen MR) is 196 cm³/mol. The van der Waals surface area contributed by atoms with E-state index in [-0.39, 0.29) is 0 Å². The Labute approximate surface area is 266 Å². The summed E-state index contributed by atoms with van der Waals surface area (Å²) in [6, 6.07) is 62.0. The zero-order valence-corrected chi connectivity index (χ0v) is 25.1. The maximum atomic E-state index is 2.42. The molecule has 0 aliphatic heterocycles. The van der Waals surface area contributed by atoms with Gasteiger partial charge in [0.25, 0.3) is 0 Å². The molecule has 0 bridgehead atoms. The van der Waals surface area contributed by atoms with E-state index in [1.807, 2.05) is 0 Å². The Kier molecular flexibility index (Phi) is 5.31. The fraction of sp³-hybridized carbons (Fsp3) is 0. The van der Waals surface area contributed by atoms with Crippen molar-refractivity contribution >= 4 is 65.2 Å². The molecule has 214 valence electrons. The van der Waals surface area contributed by atoms with Crippen LogP contribution in [0.2, 0.25) is 0 Å². The molecule has 0 saturated carbocycles. The molecule has 0 atom stereocenters. The zero-order valence-electron chi connectivity index (χ0n) is 25.1. The topological polar surface area (TPSA) is 9.86 Å². The van der Waals surface area contributed by atoms with Crippen LogP contribution in [0.3, 0.4) is 0 Å². The van der Waals surface area contributed by atoms with E-state index in [2.05, 4.69) is 179 Å². The smallest absolute Gasteiger partial charge is 0.0547 e. The number of hydrogen-bond donors (Lipinski definition) is 0. The van der Waals surface area contributed by atoms with Gasteiger partial charge in [-0.25, -0.2) is 0 Å². The third kappa shape index (κ3) is 3.65. The first-order chi connectivity index (χ1) is 22.8. The molecule has 0 unspecified atom stereocenters. The van der Waals surface area contributed by atoms with Crippen molar-refractivity contribution < 1.29 is 0 Å². The van der Waals surface area contributed by atoms with Crippen LogP contribution in [0.1, 0.15) is 0 Å². The van der Waals surface area contributed by atoms with E-state index in [1.165, 1.54) is 82.0 Å². The minimum Gasteiger partial charge on any atom is -0.309 e. The highest BCUT2D eigenvalue weighted by atomic mass is 15.0. The lowest BCUT2D eigenvalue weighted by Crippen LogP contribution is -1.94. The minimum absolute atomic E-state index is 1.16. The number of aromatic nitrogens is 2. The summed E-state index contributed by atoms with van der Waals surface area (Å²) < 4.78 is 4.82. The Morgan fingerprint density at radius 1 is 0.283 bits per heavy atom. The van der Waals surface area contributed by atoms with E-state index in [0.717, 1.165) is 5.69 Å². The molecular weight excluding hydrogens is 556 g/mol. The Bertz CT molecular complexity index is 2770. The van der Waals surface area contributed by atoms with Crippen molar-refractivity contribution in [2.45, 2.75) is 0 Å². The van der Waals surface area contributed by atoms with E-state index < -0.39 is 0 Å². The molecule has 2 heteroatoms. The first kappa shape index (κ1) is 25.2. The summed E-state index contributed by atoms with van der Waals surface area (Å²) in [5, 5.41) is 10.1. The lowest BCUT2D eigenvalue weighted by molar-refractivity contribution is 1.18. The van der Waals surface area contributed by atoms with E-state index in [1.54, 1.807) is 0 Å². The lowest BCUT2D eigenvalue weighted by atomic mass is 9.98.